The number of imidazole rings is 1. The van der Waals surface area contributed by atoms with Crippen molar-refractivity contribution in [3.8, 4) is 22.5 Å². The van der Waals surface area contributed by atoms with E-state index in [0.29, 0.717) is 24.9 Å². The number of rotatable bonds is 5. The van der Waals surface area contributed by atoms with Crippen molar-refractivity contribution in [3.63, 3.8) is 0 Å². The molecule has 2 N–H and O–H groups in total. The predicted molar refractivity (Wildman–Crippen MR) is 130 cm³/mol. The van der Waals surface area contributed by atoms with Crippen LogP contribution in [0.4, 0.5) is 0 Å². The minimum Gasteiger partial charge on any atom is -0.390 e. The molecule has 8 nitrogen and oxygen atoms in total. The first-order chi connectivity index (χ1) is 16.6. The molecular weight excluding hydrogens is 444 g/mol. The predicted octanol–water partition coefficient (Wildman–Crippen LogP) is 2.83. The van der Waals surface area contributed by atoms with Gasteiger partial charge < -0.3 is 14.6 Å². The van der Waals surface area contributed by atoms with Crippen LogP contribution in [0.5, 0.6) is 0 Å². The first-order valence-corrected chi connectivity index (χ1v) is 11.7. The number of hydrogen-bond acceptors (Lipinski definition) is 5. The lowest BCUT2D eigenvalue weighted by molar-refractivity contribution is -0.136. The molecule has 3 amide bonds. The van der Waals surface area contributed by atoms with Gasteiger partial charge in [-0.1, -0.05) is 36.4 Å². The number of amides is 3. The SMILES string of the molecule is Cn1c(CC(C)(C)O)nc(-c2ccc3c(c2)CN(C2CCC(=O)NC2=O)C3=O)c1-c1ccccc1. The summed E-state index contributed by atoms with van der Waals surface area (Å²) in [5.41, 5.74) is 4.03. The van der Waals surface area contributed by atoms with Crippen LogP contribution in [0.25, 0.3) is 22.5 Å². The molecule has 1 aromatic heterocycles. The lowest BCUT2D eigenvalue weighted by Crippen LogP contribution is -2.52. The number of aromatic nitrogens is 2. The molecule has 1 fully saturated rings. The van der Waals surface area contributed by atoms with E-state index in [9.17, 15) is 19.5 Å². The number of hydrogen-bond donors (Lipinski definition) is 2. The Bertz CT molecular complexity index is 1340. The number of carbonyl (C=O) groups excluding carboxylic acids is 3. The number of benzene rings is 2. The number of imide groups is 1. The normalized spacial score (nSPS) is 18.1. The second-order valence-corrected chi connectivity index (χ2v) is 9.91. The van der Waals surface area contributed by atoms with Crippen LogP contribution < -0.4 is 5.32 Å². The zero-order valence-corrected chi connectivity index (χ0v) is 20.0. The highest BCUT2D eigenvalue weighted by molar-refractivity contribution is 6.05. The quantitative estimate of drug-likeness (QED) is 0.556. The smallest absolute Gasteiger partial charge is 0.255 e. The molecule has 35 heavy (non-hydrogen) atoms. The third-order valence-corrected chi connectivity index (χ3v) is 6.62. The van der Waals surface area contributed by atoms with Crippen LogP contribution in [0.15, 0.2) is 48.5 Å². The van der Waals surface area contributed by atoms with E-state index in [1.165, 1.54) is 0 Å². The van der Waals surface area contributed by atoms with Gasteiger partial charge in [-0.3, -0.25) is 19.7 Å². The van der Waals surface area contributed by atoms with Gasteiger partial charge in [0.2, 0.25) is 11.8 Å². The minimum absolute atomic E-state index is 0.201. The van der Waals surface area contributed by atoms with Gasteiger partial charge in [-0.2, -0.15) is 0 Å². The summed E-state index contributed by atoms with van der Waals surface area (Å²) in [6.45, 7) is 3.82. The third kappa shape index (κ3) is 4.25. The molecule has 0 radical (unpaired) electrons. The number of aliphatic hydroxyl groups is 1. The summed E-state index contributed by atoms with van der Waals surface area (Å²) in [5, 5.41) is 12.8. The molecule has 1 unspecified atom stereocenters. The van der Waals surface area contributed by atoms with E-state index in [4.69, 9.17) is 4.98 Å². The molecule has 0 bridgehead atoms. The molecule has 3 heterocycles. The fraction of sp³-hybridized carbons (Fsp3) is 0.333. The van der Waals surface area contributed by atoms with Gasteiger partial charge in [-0.15, -0.1) is 0 Å². The Kier molecular flexibility index (Phi) is 5.56. The summed E-state index contributed by atoms with van der Waals surface area (Å²) in [6.07, 6.45) is 0.937. The first-order valence-electron chi connectivity index (χ1n) is 11.7. The second kappa shape index (κ2) is 8.46. The fourth-order valence-electron chi connectivity index (χ4n) is 4.94. The molecule has 2 aliphatic rings. The summed E-state index contributed by atoms with van der Waals surface area (Å²) in [5.74, 6) is -0.167. The highest BCUT2D eigenvalue weighted by Gasteiger charge is 2.39. The van der Waals surface area contributed by atoms with E-state index < -0.39 is 17.6 Å². The molecule has 180 valence electrons. The molecule has 5 rings (SSSR count). The van der Waals surface area contributed by atoms with Crippen molar-refractivity contribution >= 4 is 17.7 Å². The first kappa shape index (κ1) is 23.0. The number of fused-ring (bicyclic) bond motifs is 1. The fourth-order valence-corrected chi connectivity index (χ4v) is 4.94. The molecule has 0 saturated carbocycles. The molecule has 2 aliphatic heterocycles. The van der Waals surface area contributed by atoms with Crippen molar-refractivity contribution in [3.05, 3.63) is 65.5 Å². The maximum Gasteiger partial charge on any atom is 0.255 e. The van der Waals surface area contributed by atoms with Gasteiger partial charge in [0.15, 0.2) is 0 Å². The number of nitrogens with one attached hydrogen (secondary N) is 1. The highest BCUT2D eigenvalue weighted by atomic mass is 16.3. The van der Waals surface area contributed by atoms with E-state index in [0.717, 1.165) is 33.9 Å². The van der Waals surface area contributed by atoms with E-state index in [-0.39, 0.29) is 18.2 Å². The van der Waals surface area contributed by atoms with Gasteiger partial charge in [0.1, 0.15) is 11.9 Å². The molecule has 0 aliphatic carbocycles. The molecule has 1 atom stereocenters. The average Bonchev–Trinajstić information content (AvgIpc) is 3.29. The summed E-state index contributed by atoms with van der Waals surface area (Å²) < 4.78 is 2.01. The molecule has 1 saturated heterocycles. The summed E-state index contributed by atoms with van der Waals surface area (Å²) in [4.78, 5) is 43.5. The van der Waals surface area contributed by atoms with Gasteiger partial charge >= 0.3 is 0 Å². The zero-order valence-electron chi connectivity index (χ0n) is 20.0. The molecule has 0 spiro atoms. The van der Waals surface area contributed by atoms with Crippen molar-refractivity contribution in [1.29, 1.82) is 0 Å². The van der Waals surface area contributed by atoms with Crippen molar-refractivity contribution in [2.45, 2.75) is 51.3 Å². The Morgan fingerprint density at radius 3 is 2.51 bits per heavy atom. The van der Waals surface area contributed by atoms with Gasteiger partial charge in [0.25, 0.3) is 5.91 Å². The molecular formula is C27H28N4O4. The largest absolute Gasteiger partial charge is 0.390 e. The van der Waals surface area contributed by atoms with Gasteiger partial charge in [-0.05, 0) is 38.0 Å². The Labute approximate surface area is 203 Å². The number of carbonyl (C=O) groups is 3. The Balaban J connectivity index is 1.54. The standard InChI is InChI=1S/C27H28N4O4/c1-27(2,35)14-21-28-23(24(30(21)3)16-7-5-4-6-8-16)17-9-10-19-18(13-17)15-31(26(19)34)20-11-12-22(32)29-25(20)33/h4-10,13,20,35H,11-12,14-15H2,1-3H3,(H,29,32,33). The monoisotopic (exact) mass is 472 g/mol. The Hall–Kier alpha value is -3.78. The molecule has 2 aromatic carbocycles. The van der Waals surface area contributed by atoms with Crippen molar-refractivity contribution in [2.75, 3.05) is 0 Å². The van der Waals surface area contributed by atoms with Crippen LogP contribution in [0.1, 0.15) is 48.4 Å². The van der Waals surface area contributed by atoms with Crippen molar-refractivity contribution in [1.82, 2.24) is 19.8 Å². The molecule has 3 aromatic rings. The Morgan fingerprint density at radius 1 is 1.09 bits per heavy atom. The Morgan fingerprint density at radius 2 is 1.83 bits per heavy atom. The van der Waals surface area contributed by atoms with Crippen LogP contribution in [-0.4, -0.2) is 48.9 Å². The van der Waals surface area contributed by atoms with Gasteiger partial charge in [0.05, 0.1) is 17.0 Å². The van der Waals surface area contributed by atoms with Crippen LogP contribution in [0, 0.1) is 0 Å². The van der Waals surface area contributed by atoms with Crippen molar-refractivity contribution in [2.24, 2.45) is 7.05 Å². The summed E-state index contributed by atoms with van der Waals surface area (Å²) in [7, 11) is 1.95. The van der Waals surface area contributed by atoms with Crippen LogP contribution in [0.3, 0.4) is 0 Å². The maximum atomic E-state index is 13.1. The van der Waals surface area contributed by atoms with E-state index in [1.54, 1.807) is 24.8 Å². The van der Waals surface area contributed by atoms with Crippen LogP contribution >= 0.6 is 0 Å². The summed E-state index contributed by atoms with van der Waals surface area (Å²) >= 11 is 0. The van der Waals surface area contributed by atoms with E-state index in [1.807, 2.05) is 54.1 Å². The van der Waals surface area contributed by atoms with Crippen molar-refractivity contribution < 1.29 is 19.5 Å². The van der Waals surface area contributed by atoms with E-state index in [2.05, 4.69) is 5.32 Å². The van der Waals surface area contributed by atoms with E-state index >= 15 is 0 Å². The minimum atomic E-state index is -0.919. The average molecular weight is 473 g/mol. The number of nitrogens with zero attached hydrogens (tertiary/aromatic N) is 3. The summed E-state index contributed by atoms with van der Waals surface area (Å²) in [6, 6.07) is 14.9. The van der Waals surface area contributed by atoms with Gasteiger partial charge in [-0.25, -0.2) is 4.98 Å². The second-order valence-electron chi connectivity index (χ2n) is 9.91. The van der Waals surface area contributed by atoms with Gasteiger partial charge in [0, 0.05) is 43.1 Å². The zero-order chi connectivity index (χ0) is 24.9. The molecule has 8 heteroatoms. The topological polar surface area (TPSA) is 105 Å². The highest BCUT2D eigenvalue weighted by Crippen LogP contribution is 2.36. The lowest BCUT2D eigenvalue weighted by atomic mass is 10.0. The maximum absolute atomic E-state index is 13.1. The lowest BCUT2D eigenvalue weighted by Gasteiger charge is -2.29. The van der Waals surface area contributed by atoms with Crippen LogP contribution in [0.2, 0.25) is 0 Å². The third-order valence-electron chi connectivity index (χ3n) is 6.62. The van der Waals surface area contributed by atoms with Crippen LogP contribution in [-0.2, 0) is 29.6 Å². The number of piperidine rings is 1.